The highest BCUT2D eigenvalue weighted by molar-refractivity contribution is 6.03. The third-order valence-corrected chi connectivity index (χ3v) is 2.74. The van der Waals surface area contributed by atoms with E-state index < -0.39 is 47.8 Å². The second-order valence-corrected chi connectivity index (χ2v) is 3.59. The molecule has 0 aliphatic carbocycles. The number of nitrogens with one attached hydrogen (secondary N) is 1. The number of hydrogen-bond acceptors (Lipinski definition) is 6. The Kier molecular flexibility index (Phi) is 2.16. The van der Waals surface area contributed by atoms with Gasteiger partial charge in [-0.3, -0.25) is 19.7 Å². The molecule has 0 saturated carbocycles. The second-order valence-electron chi connectivity index (χ2n) is 3.59. The number of aliphatic carboxylic acids is 2. The normalized spacial score (nSPS) is 37.0. The largest absolute Gasteiger partial charge is 0.481 e. The summed E-state index contributed by atoms with van der Waals surface area (Å²) in [6.45, 7) is 0. The van der Waals surface area contributed by atoms with Crippen LogP contribution in [0, 0.1) is 11.8 Å². The molecule has 0 bridgehead atoms. The van der Waals surface area contributed by atoms with Gasteiger partial charge in [0.1, 0.15) is 12.1 Å². The third-order valence-electron chi connectivity index (χ3n) is 2.74. The summed E-state index contributed by atoms with van der Waals surface area (Å²) in [7, 11) is 0. The first kappa shape index (κ1) is 10.6. The summed E-state index contributed by atoms with van der Waals surface area (Å²) < 4.78 is 4.24. The summed E-state index contributed by atoms with van der Waals surface area (Å²) in [5.74, 6) is -7.52. The zero-order chi connectivity index (χ0) is 12.0. The molecule has 2 fully saturated rings. The van der Waals surface area contributed by atoms with Gasteiger partial charge in [-0.2, -0.15) is 0 Å². The maximum atomic E-state index is 11.2. The Labute approximate surface area is 88.2 Å². The molecule has 0 radical (unpaired) electrons. The van der Waals surface area contributed by atoms with E-state index in [0.29, 0.717) is 0 Å². The van der Waals surface area contributed by atoms with Gasteiger partial charge >= 0.3 is 23.9 Å². The minimum atomic E-state index is -1.48. The van der Waals surface area contributed by atoms with Crippen LogP contribution < -0.4 is 5.32 Å². The average molecular weight is 229 g/mol. The van der Waals surface area contributed by atoms with Crippen LogP contribution in [-0.2, 0) is 23.9 Å². The molecule has 2 aliphatic heterocycles. The van der Waals surface area contributed by atoms with E-state index in [4.69, 9.17) is 10.2 Å². The molecule has 16 heavy (non-hydrogen) atoms. The topological polar surface area (TPSA) is 130 Å². The van der Waals surface area contributed by atoms with Gasteiger partial charge in [0.25, 0.3) is 0 Å². The van der Waals surface area contributed by atoms with E-state index in [1.165, 1.54) is 0 Å². The highest BCUT2D eigenvalue weighted by Crippen LogP contribution is 2.34. The third kappa shape index (κ3) is 1.27. The summed E-state index contributed by atoms with van der Waals surface area (Å²) in [5, 5.41) is 19.9. The number of rotatable bonds is 2. The molecular weight excluding hydrogens is 222 g/mol. The Balaban J connectivity index is 2.38. The van der Waals surface area contributed by atoms with Gasteiger partial charge < -0.3 is 14.9 Å². The maximum absolute atomic E-state index is 11.2. The van der Waals surface area contributed by atoms with Gasteiger partial charge in [-0.15, -0.1) is 0 Å². The number of cyclic esters (lactones) is 2. The number of hydrogen-bond donors (Lipinski definition) is 3. The first-order chi connectivity index (χ1) is 7.43. The molecule has 8 heteroatoms. The predicted molar refractivity (Wildman–Crippen MR) is 44.1 cm³/mol. The Morgan fingerprint density at radius 3 is 2.25 bits per heavy atom. The molecule has 0 amide bonds. The van der Waals surface area contributed by atoms with E-state index in [-0.39, 0.29) is 0 Å². The van der Waals surface area contributed by atoms with Crippen molar-refractivity contribution >= 4 is 23.9 Å². The minimum absolute atomic E-state index is 0.926. The number of carboxylic acid groups (broad SMARTS) is 2. The fourth-order valence-corrected chi connectivity index (χ4v) is 2.06. The predicted octanol–water partition coefficient (Wildman–Crippen LogP) is -2.19. The van der Waals surface area contributed by atoms with Crippen LogP contribution in [0.4, 0.5) is 0 Å². The van der Waals surface area contributed by atoms with Crippen molar-refractivity contribution in [2.75, 3.05) is 0 Å². The minimum Gasteiger partial charge on any atom is -0.481 e. The lowest BCUT2D eigenvalue weighted by Gasteiger charge is -2.13. The Morgan fingerprint density at radius 2 is 1.75 bits per heavy atom. The molecule has 3 N–H and O–H groups in total. The van der Waals surface area contributed by atoms with E-state index >= 15 is 0 Å². The van der Waals surface area contributed by atoms with Crippen LogP contribution >= 0.6 is 0 Å². The average Bonchev–Trinajstić information content (AvgIpc) is 2.66. The van der Waals surface area contributed by atoms with Crippen molar-refractivity contribution in [3.05, 3.63) is 0 Å². The second kappa shape index (κ2) is 3.27. The van der Waals surface area contributed by atoms with Crippen LogP contribution in [0.5, 0.6) is 0 Å². The van der Waals surface area contributed by atoms with Crippen LogP contribution in [0.15, 0.2) is 0 Å². The van der Waals surface area contributed by atoms with Gasteiger partial charge in [0, 0.05) is 0 Å². The van der Waals surface area contributed by atoms with Crippen molar-refractivity contribution in [3.63, 3.8) is 0 Å². The summed E-state index contributed by atoms with van der Waals surface area (Å²) >= 11 is 0. The number of ether oxygens (including phenoxy) is 1. The van der Waals surface area contributed by atoms with Gasteiger partial charge in [0.05, 0.1) is 11.8 Å². The van der Waals surface area contributed by atoms with E-state index in [9.17, 15) is 19.2 Å². The lowest BCUT2D eigenvalue weighted by atomic mass is 9.88. The zero-order valence-corrected chi connectivity index (χ0v) is 7.75. The Morgan fingerprint density at radius 1 is 1.12 bits per heavy atom. The van der Waals surface area contributed by atoms with Gasteiger partial charge in [-0.05, 0) is 0 Å². The van der Waals surface area contributed by atoms with E-state index in [0.717, 1.165) is 0 Å². The van der Waals surface area contributed by atoms with Crippen molar-refractivity contribution < 1.29 is 34.1 Å². The summed E-state index contributed by atoms with van der Waals surface area (Å²) in [6, 6.07) is -2.63. The molecule has 4 atom stereocenters. The first-order valence-electron chi connectivity index (χ1n) is 4.40. The van der Waals surface area contributed by atoms with Gasteiger partial charge in [-0.25, -0.2) is 4.79 Å². The lowest BCUT2D eigenvalue weighted by molar-refractivity contribution is -0.159. The Bertz CT molecular complexity index is 403. The van der Waals surface area contributed by atoms with Crippen LogP contribution in [0.3, 0.4) is 0 Å². The van der Waals surface area contributed by atoms with Crippen molar-refractivity contribution in [1.82, 2.24) is 5.32 Å². The number of carbonyl (C=O) groups is 4. The SMILES string of the molecule is O=C(O)C1NC2C(=O)OC(=O)C2C1C(=O)O. The fourth-order valence-electron chi connectivity index (χ4n) is 2.06. The first-order valence-corrected chi connectivity index (χ1v) is 4.40. The molecule has 0 aromatic heterocycles. The summed E-state index contributed by atoms with van der Waals surface area (Å²) in [4.78, 5) is 44.0. The van der Waals surface area contributed by atoms with Gasteiger partial charge in [-0.1, -0.05) is 0 Å². The van der Waals surface area contributed by atoms with E-state index in [1.807, 2.05) is 0 Å². The Hall–Kier alpha value is -1.96. The van der Waals surface area contributed by atoms with Crippen LogP contribution in [0.2, 0.25) is 0 Å². The van der Waals surface area contributed by atoms with Gasteiger partial charge in [0.15, 0.2) is 0 Å². The van der Waals surface area contributed by atoms with Crippen molar-refractivity contribution in [3.8, 4) is 0 Å². The van der Waals surface area contributed by atoms with Crippen LogP contribution in [0.25, 0.3) is 0 Å². The highest BCUT2D eigenvalue weighted by Gasteiger charge is 2.61. The molecule has 4 unspecified atom stereocenters. The zero-order valence-electron chi connectivity index (χ0n) is 7.75. The van der Waals surface area contributed by atoms with Crippen molar-refractivity contribution in [2.24, 2.45) is 11.8 Å². The smallest absolute Gasteiger partial charge is 0.331 e. The molecule has 0 spiro atoms. The number of carboxylic acids is 2. The molecule has 2 rings (SSSR count). The van der Waals surface area contributed by atoms with Gasteiger partial charge in [0.2, 0.25) is 0 Å². The van der Waals surface area contributed by atoms with Crippen molar-refractivity contribution in [2.45, 2.75) is 12.1 Å². The number of fused-ring (bicyclic) bond motifs is 1. The monoisotopic (exact) mass is 229 g/mol. The fraction of sp³-hybridized carbons (Fsp3) is 0.500. The van der Waals surface area contributed by atoms with E-state index in [1.54, 1.807) is 0 Å². The number of esters is 2. The van der Waals surface area contributed by atoms with Crippen LogP contribution in [-0.4, -0.2) is 46.2 Å². The quantitative estimate of drug-likeness (QED) is 0.359. The highest BCUT2D eigenvalue weighted by atomic mass is 16.6. The molecular formula is C8H7NO7. The molecule has 86 valence electrons. The standard InChI is InChI=1S/C8H7NO7/c10-5(11)1-2-4(8(15)16-7(2)14)9-3(1)6(12)13/h1-4,9H,(H,10,11)(H,12,13). The summed E-state index contributed by atoms with van der Waals surface area (Å²) in [5.41, 5.74) is 0. The molecule has 2 heterocycles. The van der Waals surface area contributed by atoms with E-state index in [2.05, 4.69) is 10.1 Å². The molecule has 8 nitrogen and oxygen atoms in total. The molecule has 0 aromatic carbocycles. The number of carbonyl (C=O) groups excluding carboxylic acids is 2. The molecule has 2 saturated heterocycles. The maximum Gasteiger partial charge on any atom is 0.331 e. The lowest BCUT2D eigenvalue weighted by Crippen LogP contribution is -2.43. The van der Waals surface area contributed by atoms with Crippen LogP contribution in [0.1, 0.15) is 0 Å². The summed E-state index contributed by atoms with van der Waals surface area (Å²) in [6.07, 6.45) is 0. The molecule has 2 aliphatic rings. The van der Waals surface area contributed by atoms with Crippen molar-refractivity contribution in [1.29, 1.82) is 0 Å². The molecule has 0 aromatic rings.